The van der Waals surface area contributed by atoms with Crippen molar-refractivity contribution in [2.75, 3.05) is 4.72 Å². The van der Waals surface area contributed by atoms with Gasteiger partial charge in [-0.15, -0.1) is 0 Å². The Balaban J connectivity index is 1.48. The third-order valence-electron chi connectivity index (χ3n) is 4.32. The molecule has 0 radical (unpaired) electrons. The molecule has 3 heterocycles. The molecule has 0 spiro atoms. The number of imidazole rings is 1. The highest BCUT2D eigenvalue weighted by Crippen LogP contribution is 2.24. The first kappa shape index (κ1) is 20.5. The molecule has 0 amide bonds. The van der Waals surface area contributed by atoms with Gasteiger partial charge < -0.3 is 9.30 Å². The molecule has 1 N–H and O–H groups in total. The summed E-state index contributed by atoms with van der Waals surface area (Å²) in [7, 11) is -3.79. The molecule has 0 unspecified atom stereocenters. The monoisotopic (exact) mass is 439 g/mol. The number of sulfonamides is 1. The topological polar surface area (TPSA) is 117 Å². The van der Waals surface area contributed by atoms with Crippen LogP contribution in [0.4, 0.5) is 5.69 Å². The normalized spacial score (nSPS) is 11.6. The summed E-state index contributed by atoms with van der Waals surface area (Å²) < 4.78 is 36.8. The lowest BCUT2D eigenvalue weighted by molar-refractivity contribution is 0.459. The summed E-state index contributed by atoms with van der Waals surface area (Å²) >= 11 is 0. The predicted octanol–water partition coefficient (Wildman–Crippen LogP) is 3.34. The summed E-state index contributed by atoms with van der Waals surface area (Å²) in [5, 5.41) is 4.12. The summed E-state index contributed by atoms with van der Waals surface area (Å²) in [4.78, 5) is 12.6. The van der Waals surface area contributed by atoms with Crippen LogP contribution in [-0.4, -0.2) is 37.7 Å². The quantitative estimate of drug-likeness (QED) is 0.469. The van der Waals surface area contributed by atoms with Crippen molar-refractivity contribution in [3.8, 4) is 17.4 Å². The standard InChI is InChI=1S/C20H21N7O3S/c1-14(2)26-12-20(21-13-26)31(28,29)25-16-5-7-17(8-6-16)30-19-11-18(23-15(3)24-19)27-10-4-9-22-27/h4-14,25H,1-3H3. The lowest BCUT2D eigenvalue weighted by atomic mass is 10.3. The van der Waals surface area contributed by atoms with Crippen LogP contribution in [0.1, 0.15) is 25.7 Å². The van der Waals surface area contributed by atoms with Gasteiger partial charge in [-0.3, -0.25) is 4.72 Å². The summed E-state index contributed by atoms with van der Waals surface area (Å²) in [6.45, 7) is 5.65. The molecule has 160 valence electrons. The highest BCUT2D eigenvalue weighted by atomic mass is 32.2. The first-order valence-electron chi connectivity index (χ1n) is 9.50. The molecule has 0 atom stereocenters. The molecule has 0 fully saturated rings. The van der Waals surface area contributed by atoms with Crippen LogP contribution < -0.4 is 9.46 Å². The van der Waals surface area contributed by atoms with Crippen LogP contribution in [0, 0.1) is 6.92 Å². The Kier molecular flexibility index (Phi) is 5.42. The third kappa shape index (κ3) is 4.72. The zero-order chi connectivity index (χ0) is 22.0. The number of aromatic nitrogens is 6. The molecule has 10 nitrogen and oxygen atoms in total. The highest BCUT2D eigenvalue weighted by Gasteiger charge is 2.18. The second-order valence-corrected chi connectivity index (χ2v) is 8.68. The predicted molar refractivity (Wildman–Crippen MR) is 114 cm³/mol. The Morgan fingerprint density at radius 2 is 1.90 bits per heavy atom. The van der Waals surface area contributed by atoms with E-state index in [1.165, 1.54) is 12.5 Å². The second kappa shape index (κ2) is 8.19. The fourth-order valence-corrected chi connectivity index (χ4v) is 3.75. The van der Waals surface area contributed by atoms with Crippen molar-refractivity contribution < 1.29 is 13.2 Å². The maximum Gasteiger partial charge on any atom is 0.280 e. The van der Waals surface area contributed by atoms with Crippen LogP contribution in [-0.2, 0) is 10.0 Å². The fourth-order valence-electron chi connectivity index (χ4n) is 2.76. The van der Waals surface area contributed by atoms with Crippen LogP contribution in [0.2, 0.25) is 0 Å². The molecule has 31 heavy (non-hydrogen) atoms. The van der Waals surface area contributed by atoms with Gasteiger partial charge in [-0.05, 0) is 51.1 Å². The Hall–Kier alpha value is -3.73. The van der Waals surface area contributed by atoms with Gasteiger partial charge >= 0.3 is 0 Å². The van der Waals surface area contributed by atoms with Gasteiger partial charge in [0.15, 0.2) is 10.8 Å². The van der Waals surface area contributed by atoms with Crippen molar-refractivity contribution in [3.63, 3.8) is 0 Å². The maximum absolute atomic E-state index is 12.6. The van der Waals surface area contributed by atoms with Crippen molar-refractivity contribution in [3.05, 3.63) is 67.1 Å². The second-order valence-electron chi connectivity index (χ2n) is 7.05. The largest absolute Gasteiger partial charge is 0.439 e. The van der Waals surface area contributed by atoms with E-state index in [4.69, 9.17) is 4.74 Å². The van der Waals surface area contributed by atoms with Crippen LogP contribution in [0.3, 0.4) is 0 Å². The van der Waals surface area contributed by atoms with E-state index in [-0.39, 0.29) is 11.1 Å². The van der Waals surface area contributed by atoms with Crippen LogP contribution in [0.5, 0.6) is 11.6 Å². The highest BCUT2D eigenvalue weighted by molar-refractivity contribution is 7.92. The Labute approximate surface area is 179 Å². The number of rotatable bonds is 7. The number of ether oxygens (including phenoxy) is 1. The molecule has 0 aliphatic carbocycles. The van der Waals surface area contributed by atoms with Gasteiger partial charge in [0.1, 0.15) is 11.6 Å². The minimum Gasteiger partial charge on any atom is -0.439 e. The smallest absolute Gasteiger partial charge is 0.280 e. The molecule has 0 bridgehead atoms. The first-order valence-corrected chi connectivity index (χ1v) is 11.0. The average molecular weight is 440 g/mol. The number of nitrogens with zero attached hydrogens (tertiary/aromatic N) is 6. The van der Waals surface area contributed by atoms with Gasteiger partial charge in [0.05, 0.1) is 6.33 Å². The molecular formula is C20H21N7O3S. The maximum atomic E-state index is 12.6. The molecule has 0 aliphatic rings. The van der Waals surface area contributed by atoms with E-state index in [2.05, 4.69) is 24.8 Å². The van der Waals surface area contributed by atoms with Gasteiger partial charge in [-0.25, -0.2) is 14.6 Å². The number of nitrogens with one attached hydrogen (secondary N) is 1. The summed E-state index contributed by atoms with van der Waals surface area (Å²) in [6, 6.07) is 10.1. The number of hydrogen-bond donors (Lipinski definition) is 1. The van der Waals surface area contributed by atoms with Crippen molar-refractivity contribution in [1.29, 1.82) is 0 Å². The van der Waals surface area contributed by atoms with E-state index in [1.54, 1.807) is 65.0 Å². The Morgan fingerprint density at radius 1 is 1.13 bits per heavy atom. The van der Waals surface area contributed by atoms with Crippen LogP contribution >= 0.6 is 0 Å². The van der Waals surface area contributed by atoms with Gasteiger partial charge in [0.2, 0.25) is 5.88 Å². The lowest BCUT2D eigenvalue weighted by Crippen LogP contribution is -2.13. The molecule has 4 rings (SSSR count). The zero-order valence-corrected chi connectivity index (χ0v) is 18.0. The summed E-state index contributed by atoms with van der Waals surface area (Å²) in [5.41, 5.74) is 0.391. The molecule has 0 saturated heterocycles. The Morgan fingerprint density at radius 3 is 2.55 bits per heavy atom. The van der Waals surface area contributed by atoms with E-state index in [0.717, 1.165) is 0 Å². The summed E-state index contributed by atoms with van der Waals surface area (Å²) in [5.74, 6) is 1.97. The van der Waals surface area contributed by atoms with Gasteiger partial charge in [0, 0.05) is 36.4 Å². The number of anilines is 1. The van der Waals surface area contributed by atoms with Crippen molar-refractivity contribution in [2.45, 2.75) is 31.8 Å². The molecule has 0 saturated carbocycles. The zero-order valence-electron chi connectivity index (χ0n) is 17.2. The Bertz CT molecular complexity index is 1280. The van der Waals surface area contributed by atoms with E-state index < -0.39 is 10.0 Å². The molecule has 3 aromatic heterocycles. The number of hydrogen-bond acceptors (Lipinski definition) is 7. The first-order chi connectivity index (χ1) is 14.8. The fraction of sp³-hybridized carbons (Fsp3) is 0.200. The minimum absolute atomic E-state index is 0.0378. The molecule has 1 aromatic carbocycles. The van der Waals surface area contributed by atoms with Gasteiger partial charge in [0.25, 0.3) is 10.0 Å². The molecule has 11 heteroatoms. The van der Waals surface area contributed by atoms with Crippen molar-refractivity contribution in [2.24, 2.45) is 0 Å². The number of aryl methyl sites for hydroxylation is 1. The minimum atomic E-state index is -3.79. The molecule has 0 aliphatic heterocycles. The average Bonchev–Trinajstić information content (AvgIpc) is 3.42. The van der Waals surface area contributed by atoms with E-state index >= 15 is 0 Å². The van der Waals surface area contributed by atoms with Crippen molar-refractivity contribution in [1.82, 2.24) is 29.3 Å². The van der Waals surface area contributed by atoms with Crippen LogP contribution in [0.25, 0.3) is 5.82 Å². The lowest BCUT2D eigenvalue weighted by Gasteiger charge is -2.09. The molecule has 4 aromatic rings. The van der Waals surface area contributed by atoms with Gasteiger partial charge in [-0.2, -0.15) is 18.5 Å². The van der Waals surface area contributed by atoms with Crippen molar-refractivity contribution >= 4 is 15.7 Å². The third-order valence-corrected chi connectivity index (χ3v) is 5.58. The van der Waals surface area contributed by atoms with Gasteiger partial charge in [-0.1, -0.05) is 0 Å². The van der Waals surface area contributed by atoms with E-state index in [1.807, 2.05) is 13.8 Å². The van der Waals surface area contributed by atoms with E-state index in [9.17, 15) is 8.42 Å². The summed E-state index contributed by atoms with van der Waals surface area (Å²) in [6.07, 6.45) is 6.43. The SMILES string of the molecule is Cc1nc(Oc2ccc(NS(=O)(=O)c3cn(C(C)C)cn3)cc2)cc(-n2cccn2)n1. The molecular weight excluding hydrogens is 418 g/mol. The van der Waals surface area contributed by atoms with E-state index in [0.29, 0.717) is 29.0 Å². The number of benzene rings is 1. The van der Waals surface area contributed by atoms with Crippen LogP contribution in [0.15, 0.2) is 66.3 Å².